The third kappa shape index (κ3) is 5.51. The van der Waals surface area contributed by atoms with Crippen LogP contribution < -0.4 is 4.90 Å². The van der Waals surface area contributed by atoms with Crippen LogP contribution in [0.15, 0.2) is 17.1 Å². The van der Waals surface area contributed by atoms with Crippen LogP contribution in [-0.2, 0) is 17.8 Å². The van der Waals surface area contributed by atoms with Crippen molar-refractivity contribution in [3.63, 3.8) is 0 Å². The van der Waals surface area contributed by atoms with Crippen LogP contribution in [0.2, 0.25) is 5.02 Å². The highest BCUT2D eigenvalue weighted by molar-refractivity contribution is 6.32. The van der Waals surface area contributed by atoms with Gasteiger partial charge in [0.2, 0.25) is 0 Å². The zero-order valence-electron chi connectivity index (χ0n) is 28.5. The molecule has 2 saturated heterocycles. The van der Waals surface area contributed by atoms with Gasteiger partial charge in [0.05, 0.1) is 31.1 Å². The number of anilines is 1. The Hall–Kier alpha value is -5.09. The average molecular weight is 691 g/mol. The van der Waals surface area contributed by atoms with E-state index >= 15 is 4.39 Å². The van der Waals surface area contributed by atoms with E-state index in [4.69, 9.17) is 16.6 Å². The second-order valence-corrected chi connectivity index (χ2v) is 13.8. The van der Waals surface area contributed by atoms with Gasteiger partial charge in [-0.2, -0.15) is 10.5 Å². The third-order valence-corrected chi connectivity index (χ3v) is 10.7. The van der Waals surface area contributed by atoms with E-state index in [-0.39, 0.29) is 36.3 Å². The van der Waals surface area contributed by atoms with Crippen LogP contribution in [-0.4, -0.2) is 87.7 Å². The van der Waals surface area contributed by atoms with E-state index in [1.54, 1.807) is 18.0 Å². The number of halogens is 2. The lowest BCUT2D eigenvalue weighted by atomic mass is 9.87. The monoisotopic (exact) mass is 690 g/mol. The van der Waals surface area contributed by atoms with Gasteiger partial charge in [0.1, 0.15) is 11.0 Å². The molecule has 0 saturated carbocycles. The minimum absolute atomic E-state index is 0.149. The van der Waals surface area contributed by atoms with E-state index in [2.05, 4.69) is 49.1 Å². The number of pyridine rings is 1. The summed E-state index contributed by atoms with van der Waals surface area (Å²) >= 11 is 6.73. The van der Waals surface area contributed by atoms with Crippen molar-refractivity contribution in [2.24, 2.45) is 4.99 Å². The first-order chi connectivity index (χ1) is 24.2. The predicted molar refractivity (Wildman–Crippen MR) is 190 cm³/mol. The zero-order valence-corrected chi connectivity index (χ0v) is 29.2. The van der Waals surface area contributed by atoms with Crippen molar-refractivity contribution in [3.05, 3.63) is 45.2 Å². The number of piperidine rings is 1. The summed E-state index contributed by atoms with van der Waals surface area (Å²) in [5.41, 5.74) is 5.57. The number of hydrogen-bond acceptors (Lipinski definition) is 9. The van der Waals surface area contributed by atoms with Crippen LogP contribution >= 0.6 is 11.6 Å². The molecule has 3 aliphatic heterocycles. The number of carbonyl (C=O) groups is 1. The van der Waals surface area contributed by atoms with Crippen LogP contribution in [0.25, 0.3) is 33.1 Å². The Labute approximate surface area is 294 Å². The highest BCUT2D eigenvalue weighted by atomic mass is 35.5. The molecule has 5 heterocycles. The van der Waals surface area contributed by atoms with Crippen molar-refractivity contribution in [1.82, 2.24) is 29.8 Å². The molecular weight excluding hydrogens is 655 g/mol. The summed E-state index contributed by atoms with van der Waals surface area (Å²) in [5.74, 6) is 5.05. The first kappa shape index (κ1) is 33.4. The number of nitriles is 2. The number of fused-ring (bicyclic) bond motifs is 4. The number of rotatable bonds is 7. The largest absolute Gasteiger partial charge is 0.351 e. The minimum atomic E-state index is -0.496. The summed E-state index contributed by atoms with van der Waals surface area (Å²) in [5, 5.41) is 29.7. The summed E-state index contributed by atoms with van der Waals surface area (Å²) < 4.78 is 19.4. The lowest BCUT2D eigenvalue weighted by Gasteiger charge is -2.43. The Bertz CT molecular complexity index is 2230. The highest BCUT2D eigenvalue weighted by Crippen LogP contribution is 2.44. The van der Waals surface area contributed by atoms with Crippen LogP contribution in [0.3, 0.4) is 0 Å². The van der Waals surface area contributed by atoms with Crippen LogP contribution in [0.1, 0.15) is 60.9 Å². The van der Waals surface area contributed by atoms with E-state index in [0.29, 0.717) is 95.4 Å². The number of nitrogens with zero attached hydrogens (tertiary/aromatic N) is 10. The fourth-order valence-electron chi connectivity index (χ4n) is 7.58. The Balaban J connectivity index is 1.47. The maximum atomic E-state index is 17.6. The van der Waals surface area contributed by atoms with E-state index in [1.165, 1.54) is 0 Å². The molecule has 4 aromatic rings. The molecule has 50 heavy (non-hydrogen) atoms. The molecule has 0 bridgehead atoms. The molecule has 0 radical (unpaired) electrons. The maximum Gasteiger partial charge on any atom is 0.298 e. The van der Waals surface area contributed by atoms with Crippen molar-refractivity contribution in [1.29, 1.82) is 10.5 Å². The number of aryl methyl sites for hydroxylation is 1. The first-order valence-corrected chi connectivity index (χ1v) is 17.1. The summed E-state index contributed by atoms with van der Waals surface area (Å²) in [6.07, 6.45) is 3.43. The van der Waals surface area contributed by atoms with Gasteiger partial charge in [-0.05, 0) is 87.5 Å². The second-order valence-electron chi connectivity index (χ2n) is 13.4. The minimum Gasteiger partial charge on any atom is -0.351 e. The molecule has 13 heteroatoms. The molecule has 2 aromatic heterocycles. The summed E-state index contributed by atoms with van der Waals surface area (Å²) in [4.78, 5) is 28.2. The number of amides is 1. The van der Waals surface area contributed by atoms with Gasteiger partial charge in [0.25, 0.3) is 5.91 Å². The molecule has 0 unspecified atom stereocenters. The van der Waals surface area contributed by atoms with Gasteiger partial charge in [-0.1, -0.05) is 22.7 Å². The quantitative estimate of drug-likeness (QED) is 0.237. The van der Waals surface area contributed by atoms with Crippen molar-refractivity contribution < 1.29 is 9.18 Å². The van der Waals surface area contributed by atoms with Gasteiger partial charge in [-0.15, -0.1) is 5.10 Å². The number of hydrogen-bond donors (Lipinski definition) is 0. The van der Waals surface area contributed by atoms with Gasteiger partial charge < -0.3 is 14.7 Å². The molecule has 0 aliphatic carbocycles. The number of benzene rings is 2. The van der Waals surface area contributed by atoms with Crippen molar-refractivity contribution >= 4 is 51.5 Å². The molecule has 7 rings (SSSR count). The molecular formula is C37H36ClFN10O. The molecule has 254 valence electrons. The van der Waals surface area contributed by atoms with Gasteiger partial charge >= 0.3 is 0 Å². The number of aromatic nitrogens is 4. The summed E-state index contributed by atoms with van der Waals surface area (Å²) in [7, 11) is 4.07. The second kappa shape index (κ2) is 13.3. The molecule has 1 amide bonds. The lowest BCUT2D eigenvalue weighted by Crippen LogP contribution is -2.57. The Morgan fingerprint density at radius 3 is 2.68 bits per heavy atom. The van der Waals surface area contributed by atoms with Crippen molar-refractivity contribution in [3.8, 4) is 35.1 Å². The standard InChI is InChI=1S/C37H36ClFN10O/c1-5-7-30(50)48-13-10-25(16-24(48)9-12-41)49-36-27-14-22(8-6-11-40)32(31-21(2)29(38)15-23-17-42-18-28(23)31)33(39)34(27)43-37(35(36)44-45-49)47-19-26(20-47)46(3)4/h14-15,18,24-26H,6,8-10,13,16-17,19-20H2,1-4H3/t24-,25+/m1/s1. The smallest absolute Gasteiger partial charge is 0.298 e. The topological polar surface area (TPSA) is 130 Å². The molecule has 2 atom stereocenters. The van der Waals surface area contributed by atoms with Gasteiger partial charge in [-0.25, -0.2) is 14.1 Å². The van der Waals surface area contributed by atoms with Crippen LogP contribution in [0.5, 0.6) is 0 Å². The van der Waals surface area contributed by atoms with E-state index in [9.17, 15) is 15.3 Å². The van der Waals surface area contributed by atoms with E-state index < -0.39 is 5.82 Å². The SMILES string of the molecule is CC#CC(=O)N1CC[C@H](n2nnc3c(N4CC(N(C)C)C4)nc4c(F)c(-c5c(C)c(Cl)cc6c5C=NC6)c(CCC#N)cc4c32)C[C@H]1CC#N. The van der Waals surface area contributed by atoms with E-state index in [1.807, 2.05) is 37.8 Å². The first-order valence-electron chi connectivity index (χ1n) is 16.8. The molecule has 0 spiro atoms. The fourth-order valence-corrected chi connectivity index (χ4v) is 7.80. The highest BCUT2D eigenvalue weighted by Gasteiger charge is 2.37. The van der Waals surface area contributed by atoms with Gasteiger partial charge in [-0.3, -0.25) is 9.79 Å². The maximum absolute atomic E-state index is 17.6. The molecule has 2 fully saturated rings. The Morgan fingerprint density at radius 1 is 1.16 bits per heavy atom. The molecule has 11 nitrogen and oxygen atoms in total. The Morgan fingerprint density at radius 2 is 1.96 bits per heavy atom. The third-order valence-electron chi connectivity index (χ3n) is 10.3. The van der Waals surface area contributed by atoms with Crippen molar-refractivity contribution in [2.75, 3.05) is 38.6 Å². The average Bonchev–Trinajstić information content (AvgIpc) is 3.73. The summed E-state index contributed by atoms with van der Waals surface area (Å²) in [6.45, 7) is 5.75. The van der Waals surface area contributed by atoms with E-state index in [0.717, 1.165) is 16.7 Å². The number of carbonyl (C=O) groups excluding carboxylic acids is 1. The van der Waals surface area contributed by atoms with Crippen LogP contribution in [0, 0.1) is 47.2 Å². The molecule has 2 aromatic carbocycles. The Kier molecular flexibility index (Phi) is 8.90. The normalized spacial score (nSPS) is 18.6. The fraction of sp³-hybridized carbons (Fsp3) is 0.432. The number of likely N-dealkylation sites (tertiary alicyclic amines) is 1. The van der Waals surface area contributed by atoms with Crippen molar-refractivity contribution in [2.45, 2.75) is 70.6 Å². The van der Waals surface area contributed by atoms with Gasteiger partial charge in [0.15, 0.2) is 17.2 Å². The predicted octanol–water partition coefficient (Wildman–Crippen LogP) is 5.36. The molecule has 0 N–H and O–H groups in total. The zero-order chi connectivity index (χ0) is 35.3. The number of aliphatic imine (C=N–C) groups is 1. The lowest BCUT2D eigenvalue weighted by molar-refractivity contribution is -0.129. The molecule has 3 aliphatic rings. The van der Waals surface area contributed by atoms with Gasteiger partial charge in [0, 0.05) is 65.9 Å². The van der Waals surface area contributed by atoms with Crippen LogP contribution in [0.4, 0.5) is 10.2 Å². The summed E-state index contributed by atoms with van der Waals surface area (Å²) in [6, 6.07) is 8.00. The number of likely N-dealkylation sites (N-methyl/N-ethyl adjacent to an activating group) is 1.